The van der Waals surface area contributed by atoms with E-state index in [1.807, 2.05) is 24.0 Å². The van der Waals surface area contributed by atoms with E-state index >= 15 is 8.78 Å². The minimum atomic E-state index is -0.897. The number of piperazine rings is 1. The number of thiophene rings is 1. The average Bonchev–Trinajstić information content (AvgIpc) is 3.45. The van der Waals surface area contributed by atoms with Crippen LogP contribution >= 0.6 is 11.3 Å². The molecule has 2 unspecified atom stereocenters. The van der Waals surface area contributed by atoms with Crippen molar-refractivity contribution in [2.45, 2.75) is 38.3 Å². The van der Waals surface area contributed by atoms with Crippen molar-refractivity contribution >= 4 is 38.8 Å². The summed E-state index contributed by atoms with van der Waals surface area (Å²) in [5.74, 6) is -1.77. The minimum absolute atomic E-state index is 0.142. The molecule has 0 bridgehead atoms. The lowest BCUT2D eigenvalue weighted by Gasteiger charge is -2.39. The Morgan fingerprint density at radius 3 is 2.97 bits per heavy atom. The largest absolute Gasteiger partial charge is 0.491 e. The maximum absolute atomic E-state index is 15.2. The molecule has 3 aliphatic heterocycles. The average molecular weight is 500 g/mol. The molecule has 0 saturated carbocycles. The maximum atomic E-state index is 15.2. The summed E-state index contributed by atoms with van der Waals surface area (Å²) in [4.78, 5) is 22.8. The number of anilines is 2. The number of ether oxygens (including phenoxy) is 1. The summed E-state index contributed by atoms with van der Waals surface area (Å²) in [6.45, 7) is 5.34. The van der Waals surface area contributed by atoms with E-state index in [2.05, 4.69) is 15.2 Å². The Labute approximate surface area is 205 Å². The zero-order valence-corrected chi connectivity index (χ0v) is 20.3. The first-order chi connectivity index (χ1) is 16.9. The summed E-state index contributed by atoms with van der Waals surface area (Å²) >= 11 is 1.22. The van der Waals surface area contributed by atoms with Crippen molar-refractivity contribution in [1.29, 1.82) is 0 Å². The third kappa shape index (κ3) is 3.88. The minimum Gasteiger partial charge on any atom is -0.491 e. The van der Waals surface area contributed by atoms with Crippen LogP contribution in [0.2, 0.25) is 0 Å². The topological polar surface area (TPSA) is 83.7 Å². The first-order valence-corrected chi connectivity index (χ1v) is 12.8. The standard InChI is InChI=1S/C25H27F2N5O2S/c1-13-4-5-16-22(28)23(35-25(16)29-13)24(33)30-14-9-17-19(34-12-14)10-18(21(27)20(17)26)32-8-7-31-6-2-3-15(31)11-32/h4-5,10,14-15H,2-3,6-9,11-12,28H2,1H3,(H,30,33). The second-order valence-corrected chi connectivity index (χ2v) is 10.6. The number of pyridine rings is 1. The predicted molar refractivity (Wildman–Crippen MR) is 132 cm³/mol. The van der Waals surface area contributed by atoms with E-state index < -0.39 is 17.7 Å². The number of aromatic nitrogens is 1. The van der Waals surface area contributed by atoms with Crippen molar-refractivity contribution < 1.29 is 18.3 Å². The van der Waals surface area contributed by atoms with Crippen LogP contribution in [0.25, 0.3) is 10.2 Å². The fourth-order valence-electron chi connectivity index (χ4n) is 5.48. The number of rotatable bonds is 3. The van der Waals surface area contributed by atoms with Gasteiger partial charge in [0, 0.05) is 54.8 Å². The molecule has 7 nitrogen and oxygen atoms in total. The summed E-state index contributed by atoms with van der Waals surface area (Å²) in [5, 5.41) is 3.61. The quantitative estimate of drug-likeness (QED) is 0.574. The number of hydrogen-bond donors (Lipinski definition) is 2. The van der Waals surface area contributed by atoms with Gasteiger partial charge in [-0.3, -0.25) is 9.69 Å². The number of benzene rings is 1. The van der Waals surface area contributed by atoms with Gasteiger partial charge >= 0.3 is 0 Å². The summed E-state index contributed by atoms with van der Waals surface area (Å²) in [7, 11) is 0. The van der Waals surface area contributed by atoms with Crippen LogP contribution < -0.4 is 20.7 Å². The fourth-order valence-corrected chi connectivity index (χ4v) is 6.53. The van der Waals surface area contributed by atoms with Crippen molar-refractivity contribution in [2.24, 2.45) is 0 Å². The molecule has 2 aromatic heterocycles. The molecule has 2 saturated heterocycles. The monoisotopic (exact) mass is 499 g/mol. The number of halogens is 2. The van der Waals surface area contributed by atoms with Crippen molar-refractivity contribution in [3.05, 3.63) is 46.0 Å². The van der Waals surface area contributed by atoms with Gasteiger partial charge in [-0.05, 0) is 38.4 Å². The molecule has 35 heavy (non-hydrogen) atoms. The Morgan fingerprint density at radius 1 is 1.26 bits per heavy atom. The highest BCUT2D eigenvalue weighted by Crippen LogP contribution is 2.37. The molecule has 6 rings (SSSR count). The Morgan fingerprint density at radius 2 is 2.11 bits per heavy atom. The van der Waals surface area contributed by atoms with Gasteiger partial charge in [0.25, 0.3) is 5.91 Å². The second kappa shape index (κ2) is 8.60. The Hall–Kier alpha value is -2.98. The summed E-state index contributed by atoms with van der Waals surface area (Å²) < 4.78 is 36.2. The van der Waals surface area contributed by atoms with E-state index in [1.165, 1.54) is 11.3 Å². The van der Waals surface area contributed by atoms with E-state index in [9.17, 15) is 4.79 Å². The molecule has 0 spiro atoms. The van der Waals surface area contributed by atoms with Crippen molar-refractivity contribution in [1.82, 2.24) is 15.2 Å². The van der Waals surface area contributed by atoms with E-state index in [-0.39, 0.29) is 30.2 Å². The van der Waals surface area contributed by atoms with Crippen molar-refractivity contribution in [3.63, 3.8) is 0 Å². The molecule has 0 aliphatic carbocycles. The smallest absolute Gasteiger partial charge is 0.263 e. The molecule has 10 heteroatoms. The molecule has 1 amide bonds. The van der Waals surface area contributed by atoms with Gasteiger partial charge in [-0.15, -0.1) is 11.3 Å². The number of nitrogen functional groups attached to an aromatic ring is 1. The van der Waals surface area contributed by atoms with Crippen LogP contribution in [-0.2, 0) is 6.42 Å². The Balaban J connectivity index is 1.20. The molecule has 3 aromatic rings. The number of nitrogens with zero attached hydrogens (tertiary/aromatic N) is 3. The summed E-state index contributed by atoms with van der Waals surface area (Å²) in [6.07, 6.45) is 2.38. The van der Waals surface area contributed by atoms with Gasteiger partial charge in [-0.2, -0.15) is 0 Å². The molecule has 3 aliphatic rings. The Kier molecular flexibility index (Phi) is 5.52. The summed E-state index contributed by atoms with van der Waals surface area (Å²) in [6, 6.07) is 5.20. The van der Waals surface area contributed by atoms with Crippen LogP contribution in [0, 0.1) is 18.6 Å². The first kappa shape index (κ1) is 22.5. The maximum Gasteiger partial charge on any atom is 0.263 e. The molecule has 2 atom stereocenters. The third-order valence-corrected chi connectivity index (χ3v) is 8.45. The number of fused-ring (bicyclic) bond motifs is 3. The number of aryl methyl sites for hydroxylation is 1. The molecule has 0 radical (unpaired) electrons. The third-order valence-electron chi connectivity index (χ3n) is 7.34. The van der Waals surface area contributed by atoms with Gasteiger partial charge in [0.05, 0.1) is 17.4 Å². The highest BCUT2D eigenvalue weighted by Gasteiger charge is 2.34. The zero-order valence-electron chi connectivity index (χ0n) is 19.4. The highest BCUT2D eigenvalue weighted by atomic mass is 32.1. The number of hydrogen-bond acceptors (Lipinski definition) is 7. The fraction of sp³-hybridized carbons (Fsp3) is 0.440. The molecule has 2 fully saturated rings. The van der Waals surface area contributed by atoms with Crippen molar-refractivity contribution in [2.75, 3.05) is 43.4 Å². The molecule has 5 heterocycles. The SMILES string of the molecule is Cc1ccc2c(N)c(C(=O)NC3COc4cc(N5CCN6CCCC6C5)c(F)c(F)c4C3)sc2n1. The van der Waals surface area contributed by atoms with Crippen LogP contribution in [0.5, 0.6) is 5.75 Å². The van der Waals surface area contributed by atoms with E-state index in [4.69, 9.17) is 10.5 Å². The number of carbonyl (C=O) groups excluding carboxylic acids is 1. The first-order valence-electron chi connectivity index (χ1n) is 12.0. The van der Waals surface area contributed by atoms with Crippen molar-refractivity contribution in [3.8, 4) is 5.75 Å². The lowest BCUT2D eigenvalue weighted by molar-refractivity contribution is 0.0919. The number of carbonyl (C=O) groups is 1. The van der Waals surface area contributed by atoms with Gasteiger partial charge in [-0.25, -0.2) is 13.8 Å². The van der Waals surface area contributed by atoms with Crippen LogP contribution in [0.1, 0.15) is 33.8 Å². The second-order valence-electron chi connectivity index (χ2n) is 9.61. The molecular formula is C25H27F2N5O2S. The predicted octanol–water partition coefficient (Wildman–Crippen LogP) is 3.48. The van der Waals surface area contributed by atoms with Gasteiger partial charge < -0.3 is 20.7 Å². The van der Waals surface area contributed by atoms with Gasteiger partial charge in [0.15, 0.2) is 11.6 Å². The lowest BCUT2D eigenvalue weighted by atomic mass is 10.00. The molecule has 184 valence electrons. The van der Waals surface area contributed by atoms with Crippen LogP contribution in [0.3, 0.4) is 0 Å². The molecule has 1 aromatic carbocycles. The number of nitrogens with two attached hydrogens (primary N) is 1. The van der Waals surface area contributed by atoms with Gasteiger partial charge in [-0.1, -0.05) is 0 Å². The number of amides is 1. The van der Waals surface area contributed by atoms with E-state index in [0.29, 0.717) is 40.3 Å². The van der Waals surface area contributed by atoms with E-state index in [1.54, 1.807) is 6.07 Å². The summed E-state index contributed by atoms with van der Waals surface area (Å²) in [5.41, 5.74) is 7.82. The lowest BCUT2D eigenvalue weighted by Crippen LogP contribution is -2.50. The number of nitrogens with one attached hydrogen (secondary N) is 1. The van der Waals surface area contributed by atoms with Crippen LogP contribution in [0.4, 0.5) is 20.2 Å². The van der Waals surface area contributed by atoms with Gasteiger partial charge in [0.1, 0.15) is 22.1 Å². The van der Waals surface area contributed by atoms with Gasteiger partial charge in [0.2, 0.25) is 0 Å². The Bertz CT molecular complexity index is 1330. The van der Waals surface area contributed by atoms with E-state index in [0.717, 1.165) is 37.0 Å². The van der Waals surface area contributed by atoms with Crippen LogP contribution in [-0.4, -0.2) is 60.7 Å². The molecule has 3 N–H and O–H groups in total. The normalized spacial score (nSPS) is 22.1. The van der Waals surface area contributed by atoms with Crippen LogP contribution in [0.15, 0.2) is 18.2 Å². The zero-order chi connectivity index (χ0) is 24.3. The highest BCUT2D eigenvalue weighted by molar-refractivity contribution is 7.21. The molecular weight excluding hydrogens is 472 g/mol.